The Morgan fingerprint density at radius 1 is 0.944 bits per heavy atom. The molecular formula is C14H8F3I. The van der Waals surface area contributed by atoms with Crippen LogP contribution in [0, 0.1) is 10.5 Å². The quantitative estimate of drug-likeness (QED) is 0.480. The Morgan fingerprint density at radius 2 is 1.61 bits per heavy atom. The van der Waals surface area contributed by atoms with Crippen molar-refractivity contribution in [1.29, 1.82) is 0 Å². The summed E-state index contributed by atoms with van der Waals surface area (Å²) in [6, 6.07) is 8.86. The van der Waals surface area contributed by atoms with E-state index in [0.29, 0.717) is 16.7 Å². The average molecular weight is 360 g/mol. The molecule has 0 amide bonds. The molecule has 18 heavy (non-hydrogen) atoms. The molecular weight excluding hydrogens is 352 g/mol. The zero-order valence-corrected chi connectivity index (χ0v) is 11.6. The maximum absolute atomic E-state index is 13.1. The summed E-state index contributed by atoms with van der Waals surface area (Å²) in [4.78, 5) is 0. The molecule has 0 aromatic heterocycles. The highest BCUT2D eigenvalue weighted by atomic mass is 127. The van der Waals surface area contributed by atoms with Crippen LogP contribution in [-0.4, -0.2) is 0 Å². The van der Waals surface area contributed by atoms with E-state index in [-0.39, 0.29) is 5.56 Å². The normalized spacial score (nSPS) is 12.7. The Balaban J connectivity index is 2.29. The molecule has 0 saturated heterocycles. The summed E-state index contributed by atoms with van der Waals surface area (Å²) in [6.45, 7) is 1.51. The van der Waals surface area contributed by atoms with Gasteiger partial charge in [-0.15, -0.1) is 0 Å². The molecule has 0 aliphatic heterocycles. The third-order valence-corrected chi connectivity index (χ3v) is 3.91. The molecule has 2 aromatic rings. The standard InChI is InChI=1S/C14H8F3I/c1-7-2-4-9-11-6-8(18)3-5-10(11)12(9)13(7)14(15,16)17/h2-6H,1H3. The molecule has 0 unspecified atom stereocenters. The van der Waals surface area contributed by atoms with Gasteiger partial charge in [0.25, 0.3) is 0 Å². The summed E-state index contributed by atoms with van der Waals surface area (Å²) in [6.07, 6.45) is -4.30. The summed E-state index contributed by atoms with van der Waals surface area (Å²) >= 11 is 2.16. The van der Waals surface area contributed by atoms with Crippen LogP contribution in [0.4, 0.5) is 13.2 Å². The second-order valence-electron chi connectivity index (χ2n) is 4.37. The first-order valence-electron chi connectivity index (χ1n) is 5.40. The Bertz CT molecular complexity index is 657. The number of halogens is 4. The molecule has 92 valence electrons. The number of hydrogen-bond acceptors (Lipinski definition) is 0. The van der Waals surface area contributed by atoms with Crippen molar-refractivity contribution in [3.8, 4) is 22.3 Å². The molecule has 0 radical (unpaired) electrons. The van der Waals surface area contributed by atoms with E-state index in [9.17, 15) is 13.2 Å². The first-order chi connectivity index (χ1) is 8.39. The summed E-state index contributed by atoms with van der Waals surface area (Å²) in [5.74, 6) is 0. The second-order valence-corrected chi connectivity index (χ2v) is 5.61. The molecule has 0 bridgehead atoms. The maximum Gasteiger partial charge on any atom is 0.417 e. The smallest absolute Gasteiger partial charge is 0.166 e. The van der Waals surface area contributed by atoms with E-state index in [2.05, 4.69) is 22.6 Å². The lowest BCUT2D eigenvalue weighted by Gasteiger charge is -2.29. The van der Waals surface area contributed by atoms with Crippen LogP contribution in [0.25, 0.3) is 22.3 Å². The highest BCUT2D eigenvalue weighted by Gasteiger charge is 2.40. The largest absolute Gasteiger partial charge is 0.417 e. The van der Waals surface area contributed by atoms with Gasteiger partial charge in [0.05, 0.1) is 5.56 Å². The van der Waals surface area contributed by atoms with Gasteiger partial charge in [-0.25, -0.2) is 0 Å². The van der Waals surface area contributed by atoms with Crippen LogP contribution in [0.3, 0.4) is 0 Å². The Morgan fingerprint density at radius 3 is 2.28 bits per heavy atom. The zero-order chi connectivity index (χ0) is 13.1. The maximum atomic E-state index is 13.1. The minimum atomic E-state index is -4.30. The van der Waals surface area contributed by atoms with Gasteiger partial charge in [-0.2, -0.15) is 13.2 Å². The van der Waals surface area contributed by atoms with Crippen LogP contribution in [-0.2, 0) is 6.18 Å². The molecule has 0 N–H and O–H groups in total. The fourth-order valence-electron chi connectivity index (χ4n) is 2.47. The van der Waals surface area contributed by atoms with Crippen LogP contribution in [0.5, 0.6) is 0 Å². The van der Waals surface area contributed by atoms with Crippen molar-refractivity contribution in [2.75, 3.05) is 0 Å². The number of aryl methyl sites for hydroxylation is 1. The molecule has 0 saturated carbocycles. The van der Waals surface area contributed by atoms with E-state index in [4.69, 9.17) is 0 Å². The lowest BCUT2D eigenvalue weighted by Crippen LogP contribution is -2.14. The fraction of sp³-hybridized carbons (Fsp3) is 0.143. The van der Waals surface area contributed by atoms with E-state index < -0.39 is 11.7 Å². The highest BCUT2D eigenvalue weighted by molar-refractivity contribution is 14.1. The van der Waals surface area contributed by atoms with Crippen LogP contribution in [0.15, 0.2) is 30.3 Å². The van der Waals surface area contributed by atoms with E-state index in [1.54, 1.807) is 18.2 Å². The molecule has 0 atom stereocenters. The molecule has 4 heteroatoms. The average Bonchev–Trinajstić information content (AvgIpc) is 2.25. The number of rotatable bonds is 0. The van der Waals surface area contributed by atoms with Gasteiger partial charge in [0.2, 0.25) is 0 Å². The summed E-state index contributed by atoms with van der Waals surface area (Å²) < 4.78 is 40.3. The van der Waals surface area contributed by atoms with E-state index in [1.807, 2.05) is 12.1 Å². The molecule has 1 aliphatic rings. The van der Waals surface area contributed by atoms with Crippen LogP contribution < -0.4 is 0 Å². The molecule has 0 fully saturated rings. The van der Waals surface area contributed by atoms with Crippen LogP contribution in [0.1, 0.15) is 11.1 Å². The van der Waals surface area contributed by atoms with Crippen molar-refractivity contribution >= 4 is 22.6 Å². The number of alkyl halides is 3. The second kappa shape index (κ2) is 3.73. The Labute approximate surface area is 116 Å². The third-order valence-electron chi connectivity index (χ3n) is 3.24. The van der Waals surface area contributed by atoms with Crippen molar-refractivity contribution < 1.29 is 13.2 Å². The minimum absolute atomic E-state index is 0.283. The van der Waals surface area contributed by atoms with E-state index in [1.165, 1.54) is 6.92 Å². The monoisotopic (exact) mass is 360 g/mol. The first kappa shape index (κ1) is 12.0. The number of benzene rings is 2. The van der Waals surface area contributed by atoms with Gasteiger partial charge in [-0.1, -0.05) is 18.2 Å². The Hall–Kier alpha value is -1.04. The van der Waals surface area contributed by atoms with Gasteiger partial charge in [-0.05, 0) is 63.9 Å². The molecule has 0 spiro atoms. The number of fused-ring (bicyclic) bond motifs is 4. The molecule has 0 heterocycles. The SMILES string of the molecule is Cc1ccc2c(c1C(F)(F)F)-c1ccc(I)cc1-2. The number of hydrogen-bond donors (Lipinski definition) is 0. The van der Waals surface area contributed by atoms with Gasteiger partial charge in [-0.3, -0.25) is 0 Å². The molecule has 1 aliphatic carbocycles. The molecule has 3 rings (SSSR count). The summed E-state index contributed by atoms with van der Waals surface area (Å²) in [7, 11) is 0. The van der Waals surface area contributed by atoms with Gasteiger partial charge in [0.15, 0.2) is 0 Å². The third kappa shape index (κ3) is 1.58. The molecule has 2 aromatic carbocycles. The van der Waals surface area contributed by atoms with Crippen molar-refractivity contribution in [2.45, 2.75) is 13.1 Å². The van der Waals surface area contributed by atoms with Gasteiger partial charge in [0, 0.05) is 9.13 Å². The van der Waals surface area contributed by atoms with Gasteiger partial charge < -0.3 is 0 Å². The van der Waals surface area contributed by atoms with Crippen LogP contribution >= 0.6 is 22.6 Å². The zero-order valence-electron chi connectivity index (χ0n) is 9.40. The fourth-order valence-corrected chi connectivity index (χ4v) is 2.96. The predicted octanol–water partition coefficient (Wildman–Crippen LogP) is 5.27. The molecule has 0 nitrogen and oxygen atoms in total. The topological polar surface area (TPSA) is 0 Å². The minimum Gasteiger partial charge on any atom is -0.166 e. The van der Waals surface area contributed by atoms with Gasteiger partial charge >= 0.3 is 6.18 Å². The predicted molar refractivity (Wildman–Crippen MR) is 73.3 cm³/mol. The van der Waals surface area contributed by atoms with Crippen molar-refractivity contribution in [2.24, 2.45) is 0 Å². The summed E-state index contributed by atoms with van der Waals surface area (Å²) in [5, 5.41) is 0. The van der Waals surface area contributed by atoms with E-state index >= 15 is 0 Å². The van der Waals surface area contributed by atoms with Crippen molar-refractivity contribution in [3.05, 3.63) is 45.0 Å². The van der Waals surface area contributed by atoms with Gasteiger partial charge in [0.1, 0.15) is 0 Å². The van der Waals surface area contributed by atoms with Crippen molar-refractivity contribution in [3.63, 3.8) is 0 Å². The Kier molecular flexibility index (Phi) is 2.49. The lowest BCUT2D eigenvalue weighted by atomic mass is 9.76. The van der Waals surface area contributed by atoms with Crippen LogP contribution in [0.2, 0.25) is 0 Å². The highest BCUT2D eigenvalue weighted by Crippen LogP contribution is 2.53. The lowest BCUT2D eigenvalue weighted by molar-refractivity contribution is -0.137. The summed E-state index contributed by atoms with van der Waals surface area (Å²) in [5.41, 5.74) is 2.48. The van der Waals surface area contributed by atoms with E-state index in [0.717, 1.165) is 9.13 Å². The first-order valence-corrected chi connectivity index (χ1v) is 6.48. The van der Waals surface area contributed by atoms with Crippen molar-refractivity contribution in [1.82, 2.24) is 0 Å².